The Hall–Kier alpha value is -3.39. The molecule has 3 rings (SSSR count). The van der Waals surface area contributed by atoms with Crippen LogP contribution in [0.15, 0.2) is 36.5 Å². The zero-order chi connectivity index (χ0) is 22.3. The number of ether oxygens (including phenoxy) is 1. The Balaban J connectivity index is 0.000000222. The highest BCUT2D eigenvalue weighted by atomic mass is 19.1. The molecule has 0 saturated carbocycles. The summed E-state index contributed by atoms with van der Waals surface area (Å²) in [5, 5.41) is 11.6. The summed E-state index contributed by atoms with van der Waals surface area (Å²) >= 11 is 0. The lowest BCUT2D eigenvalue weighted by Crippen LogP contribution is -2.00. The fourth-order valence-corrected chi connectivity index (χ4v) is 3.00. The van der Waals surface area contributed by atoms with Gasteiger partial charge in [0.15, 0.2) is 11.6 Å². The number of benzene rings is 2. The quantitative estimate of drug-likeness (QED) is 0.613. The molecule has 0 aliphatic carbocycles. The van der Waals surface area contributed by atoms with E-state index in [4.69, 9.17) is 9.84 Å². The average molecular weight is 415 g/mol. The van der Waals surface area contributed by atoms with Gasteiger partial charge in [0.2, 0.25) is 6.41 Å². The maximum absolute atomic E-state index is 13.5. The number of halogens is 2. The highest BCUT2D eigenvalue weighted by Gasteiger charge is 2.14. The van der Waals surface area contributed by atoms with Crippen LogP contribution in [0.3, 0.4) is 0 Å². The van der Waals surface area contributed by atoms with Crippen LogP contribution in [0.5, 0.6) is 5.75 Å². The van der Waals surface area contributed by atoms with Crippen LogP contribution in [0.4, 0.5) is 14.5 Å². The van der Waals surface area contributed by atoms with Crippen molar-refractivity contribution in [3.05, 3.63) is 70.7 Å². The molecule has 0 fully saturated rings. The third-order valence-corrected chi connectivity index (χ3v) is 4.24. The van der Waals surface area contributed by atoms with E-state index in [1.54, 1.807) is 13.0 Å². The van der Waals surface area contributed by atoms with Crippen molar-refractivity contribution in [3.63, 3.8) is 0 Å². The molecule has 2 aromatic carbocycles. The highest BCUT2D eigenvalue weighted by Crippen LogP contribution is 2.32. The van der Waals surface area contributed by atoms with E-state index in [1.165, 1.54) is 19.4 Å². The second-order valence-corrected chi connectivity index (χ2v) is 6.48. The van der Waals surface area contributed by atoms with Crippen LogP contribution in [0.1, 0.15) is 22.5 Å². The number of hydrogen-bond acceptors (Lipinski definition) is 5. The van der Waals surface area contributed by atoms with E-state index in [1.807, 2.05) is 26.0 Å². The van der Waals surface area contributed by atoms with Crippen LogP contribution in [0.2, 0.25) is 0 Å². The molecule has 0 saturated heterocycles. The Bertz CT molecular complexity index is 1020. The van der Waals surface area contributed by atoms with E-state index in [-0.39, 0.29) is 17.9 Å². The Kier molecular flexibility index (Phi) is 7.94. The summed E-state index contributed by atoms with van der Waals surface area (Å²) in [4.78, 5) is 18.3. The number of nitrogens with zero attached hydrogens (tertiary/aromatic N) is 2. The fraction of sp³-hybridized carbons (Fsp3) is 0.227. The molecule has 1 heterocycles. The number of aliphatic hydroxyl groups is 1. The number of amides is 1. The largest absolute Gasteiger partial charge is 0.493 e. The number of aromatic nitrogens is 2. The molecule has 8 heteroatoms. The Morgan fingerprint density at radius 3 is 2.33 bits per heavy atom. The van der Waals surface area contributed by atoms with Gasteiger partial charge in [0, 0.05) is 23.5 Å². The monoisotopic (exact) mass is 415 g/mol. The predicted octanol–water partition coefficient (Wildman–Crippen LogP) is 4.10. The molecule has 0 spiro atoms. The third-order valence-electron chi connectivity index (χ3n) is 4.24. The lowest BCUT2D eigenvalue weighted by Gasteiger charge is -2.09. The first-order chi connectivity index (χ1) is 14.3. The molecule has 6 nitrogen and oxygen atoms in total. The molecule has 0 aliphatic heterocycles. The molecule has 1 aromatic heterocycles. The summed E-state index contributed by atoms with van der Waals surface area (Å²) in [6.45, 7) is 5.53. The number of nitrogens with one attached hydrogen (secondary N) is 1. The van der Waals surface area contributed by atoms with Gasteiger partial charge in [-0.15, -0.1) is 0 Å². The van der Waals surface area contributed by atoms with Gasteiger partial charge in [0.1, 0.15) is 11.6 Å². The molecule has 0 radical (unpaired) electrons. The van der Waals surface area contributed by atoms with Gasteiger partial charge in [-0.25, -0.2) is 18.7 Å². The smallest absolute Gasteiger partial charge is 0.211 e. The van der Waals surface area contributed by atoms with Crippen LogP contribution in [-0.2, 0) is 11.4 Å². The minimum absolute atomic E-state index is 0.0236. The number of aliphatic hydroxyl groups excluding tert-OH is 1. The molecule has 1 amide bonds. The Morgan fingerprint density at radius 2 is 1.80 bits per heavy atom. The molecular weight excluding hydrogens is 392 g/mol. The van der Waals surface area contributed by atoms with E-state index in [0.717, 1.165) is 28.4 Å². The SMILES string of the molecule is COc1c(F)cc(F)cc1-c1ccnc(C)n1.Cc1cc(CO)cc(C)c1NC=O. The number of hydrogen-bond donors (Lipinski definition) is 2. The number of anilines is 1. The zero-order valence-corrected chi connectivity index (χ0v) is 17.2. The van der Waals surface area contributed by atoms with Crippen molar-refractivity contribution in [2.75, 3.05) is 12.4 Å². The molecule has 0 unspecified atom stereocenters. The van der Waals surface area contributed by atoms with Crippen LogP contribution in [0.25, 0.3) is 11.3 Å². The number of rotatable bonds is 5. The first-order valence-electron chi connectivity index (χ1n) is 9.04. The van der Waals surface area contributed by atoms with E-state index in [0.29, 0.717) is 17.9 Å². The summed E-state index contributed by atoms with van der Waals surface area (Å²) in [5.74, 6) is -0.924. The molecule has 0 atom stereocenters. The number of methoxy groups -OCH3 is 1. The van der Waals surface area contributed by atoms with Crippen molar-refractivity contribution in [1.82, 2.24) is 9.97 Å². The Labute approximate surface area is 173 Å². The van der Waals surface area contributed by atoms with Gasteiger partial charge in [-0.2, -0.15) is 0 Å². The number of carbonyl (C=O) groups excluding carboxylic acids is 1. The van der Waals surface area contributed by atoms with Crippen LogP contribution in [-0.4, -0.2) is 28.6 Å². The van der Waals surface area contributed by atoms with Crippen molar-refractivity contribution < 1.29 is 23.4 Å². The maximum atomic E-state index is 13.5. The fourth-order valence-electron chi connectivity index (χ4n) is 3.00. The van der Waals surface area contributed by atoms with Crippen molar-refractivity contribution >= 4 is 12.1 Å². The first kappa shape index (κ1) is 22.9. The van der Waals surface area contributed by atoms with E-state index < -0.39 is 11.6 Å². The normalized spacial score (nSPS) is 10.1. The lowest BCUT2D eigenvalue weighted by molar-refractivity contribution is -0.105. The van der Waals surface area contributed by atoms with E-state index >= 15 is 0 Å². The van der Waals surface area contributed by atoms with Gasteiger partial charge in [-0.3, -0.25) is 4.79 Å². The lowest BCUT2D eigenvalue weighted by atomic mass is 10.0. The minimum Gasteiger partial charge on any atom is -0.493 e. The van der Waals surface area contributed by atoms with E-state index in [9.17, 15) is 13.6 Å². The van der Waals surface area contributed by atoms with Crippen molar-refractivity contribution in [1.29, 1.82) is 0 Å². The molecule has 0 aliphatic rings. The van der Waals surface area contributed by atoms with Gasteiger partial charge in [0.25, 0.3) is 0 Å². The number of carbonyl (C=O) groups is 1. The molecule has 3 aromatic rings. The summed E-state index contributed by atoms with van der Waals surface area (Å²) in [6, 6.07) is 7.25. The maximum Gasteiger partial charge on any atom is 0.211 e. The van der Waals surface area contributed by atoms with Crippen molar-refractivity contribution in [2.24, 2.45) is 0 Å². The number of aryl methyl sites for hydroxylation is 3. The van der Waals surface area contributed by atoms with Gasteiger partial charge in [-0.05, 0) is 49.6 Å². The van der Waals surface area contributed by atoms with Gasteiger partial charge < -0.3 is 15.2 Å². The van der Waals surface area contributed by atoms with Crippen LogP contribution >= 0.6 is 0 Å². The van der Waals surface area contributed by atoms with Gasteiger partial charge in [0.05, 0.1) is 19.4 Å². The average Bonchev–Trinajstić information content (AvgIpc) is 2.70. The zero-order valence-electron chi connectivity index (χ0n) is 17.2. The summed E-state index contributed by atoms with van der Waals surface area (Å²) in [6.07, 6.45) is 2.19. The van der Waals surface area contributed by atoms with Gasteiger partial charge in [-0.1, -0.05) is 12.1 Å². The summed E-state index contributed by atoms with van der Waals surface area (Å²) < 4.78 is 31.6. The summed E-state index contributed by atoms with van der Waals surface area (Å²) in [5.41, 5.74) is 4.33. The molecule has 158 valence electrons. The van der Waals surface area contributed by atoms with Crippen LogP contribution in [0, 0.1) is 32.4 Å². The molecule has 0 bridgehead atoms. The molecule has 30 heavy (non-hydrogen) atoms. The van der Waals surface area contributed by atoms with Crippen LogP contribution < -0.4 is 10.1 Å². The second kappa shape index (κ2) is 10.4. The molecular formula is C22H23F2N3O3. The van der Waals surface area contributed by atoms with Crippen molar-refractivity contribution in [3.8, 4) is 17.0 Å². The predicted molar refractivity (Wildman–Crippen MR) is 110 cm³/mol. The summed E-state index contributed by atoms with van der Waals surface area (Å²) in [7, 11) is 1.33. The van der Waals surface area contributed by atoms with E-state index in [2.05, 4.69) is 15.3 Å². The van der Waals surface area contributed by atoms with Crippen molar-refractivity contribution in [2.45, 2.75) is 27.4 Å². The standard InChI is InChI=1S/C12H10F2N2O.C10H13NO2/c1-7-15-4-3-11(16-7)9-5-8(13)6-10(14)12(9)17-2;1-7-3-9(5-12)4-8(2)10(7)11-6-13/h3-6H,1-2H3;3-4,6,12H,5H2,1-2H3,(H,11,13). The topological polar surface area (TPSA) is 84.3 Å². The highest BCUT2D eigenvalue weighted by molar-refractivity contribution is 5.75. The second-order valence-electron chi connectivity index (χ2n) is 6.48. The minimum atomic E-state index is -0.751. The molecule has 2 N–H and O–H groups in total. The third kappa shape index (κ3) is 5.57. The first-order valence-corrected chi connectivity index (χ1v) is 9.04. The van der Waals surface area contributed by atoms with Gasteiger partial charge >= 0.3 is 0 Å². The Morgan fingerprint density at radius 1 is 1.13 bits per heavy atom.